The van der Waals surface area contributed by atoms with Crippen molar-refractivity contribution in [3.05, 3.63) is 48.5 Å². The van der Waals surface area contributed by atoms with Crippen LogP contribution in [0.25, 0.3) is 11.1 Å². The van der Waals surface area contributed by atoms with Crippen LogP contribution in [0.1, 0.15) is 27.7 Å². The van der Waals surface area contributed by atoms with Crippen molar-refractivity contribution in [3.63, 3.8) is 0 Å². The Morgan fingerprint density at radius 2 is 1.35 bits per heavy atom. The molecule has 1 atom stereocenters. The first-order chi connectivity index (χ1) is 9.68. The van der Waals surface area contributed by atoms with E-state index in [0.717, 1.165) is 11.1 Å². The highest BCUT2D eigenvalue weighted by atomic mass is 31.2. The van der Waals surface area contributed by atoms with Crippen molar-refractivity contribution in [2.75, 3.05) is 0 Å². The van der Waals surface area contributed by atoms with Crippen molar-refractivity contribution in [1.29, 1.82) is 0 Å². The van der Waals surface area contributed by atoms with Crippen LogP contribution in [-0.2, 0) is 4.57 Å². The summed E-state index contributed by atoms with van der Waals surface area (Å²) >= 11 is 0. The van der Waals surface area contributed by atoms with E-state index in [0.29, 0.717) is 11.1 Å². The minimum absolute atomic E-state index is 0.590. The fraction of sp³-hybridized carbons (Fsp3) is 0.250. The second-order valence-corrected chi connectivity index (χ2v) is 5.56. The fourth-order valence-corrected chi connectivity index (χ4v) is 3.31. The van der Waals surface area contributed by atoms with E-state index in [1.807, 2.05) is 64.1 Å². The molecule has 0 fully saturated rings. The molecule has 0 spiro atoms. The molecule has 0 saturated heterocycles. The van der Waals surface area contributed by atoms with Gasteiger partial charge in [-0.2, -0.15) is 0 Å². The molecule has 1 heterocycles. The van der Waals surface area contributed by atoms with Crippen LogP contribution in [0, 0.1) is 0 Å². The molecule has 1 unspecified atom stereocenters. The molecule has 2 nitrogen and oxygen atoms in total. The number of hydrogen-bond acceptors (Lipinski definition) is 2. The smallest absolute Gasteiger partial charge is 0.226 e. The number of para-hydroxylation sites is 1. The molecular weight excluding hydrogens is 266 g/mol. The zero-order valence-electron chi connectivity index (χ0n) is 12.5. The van der Waals surface area contributed by atoms with Gasteiger partial charge >= 0.3 is 0 Å². The summed E-state index contributed by atoms with van der Waals surface area (Å²) in [6.07, 6.45) is 0. The molecule has 104 valence electrons. The maximum absolute atomic E-state index is 12.2. The van der Waals surface area contributed by atoms with E-state index in [4.69, 9.17) is 12.1 Å². The molecule has 20 heavy (non-hydrogen) atoms. The van der Waals surface area contributed by atoms with Crippen LogP contribution in [0.5, 0.6) is 5.75 Å². The Hall–Kier alpha value is -1.47. The molecule has 0 aromatic heterocycles. The normalized spacial score (nSPS) is 18.0. The lowest BCUT2D eigenvalue weighted by Gasteiger charge is -2.26. The maximum Gasteiger partial charge on any atom is 0.226 e. The molecule has 2 aromatic rings. The molecule has 1 aliphatic heterocycles. The summed E-state index contributed by atoms with van der Waals surface area (Å²) in [5, 5.41) is 0.591. The van der Waals surface area contributed by atoms with Gasteiger partial charge in [0.1, 0.15) is 5.75 Å². The number of hydrogen-bond donors (Lipinski definition) is 0. The quantitative estimate of drug-likeness (QED) is 0.514. The fourth-order valence-electron chi connectivity index (χ4n) is 1.94. The van der Waals surface area contributed by atoms with Gasteiger partial charge < -0.3 is 4.52 Å². The minimum atomic E-state index is -3.21. The molecule has 2 aromatic carbocycles. The second kappa shape index (κ2) is 7.35. The van der Waals surface area contributed by atoms with Gasteiger partial charge in [0, 0.05) is 10.9 Å². The molecule has 0 N–H and O–H groups in total. The van der Waals surface area contributed by atoms with Crippen LogP contribution in [0.3, 0.4) is 0 Å². The number of fused-ring (bicyclic) bond motifs is 3. The van der Waals surface area contributed by atoms with Crippen molar-refractivity contribution in [1.82, 2.24) is 0 Å². The van der Waals surface area contributed by atoms with Gasteiger partial charge in [-0.15, -0.1) is 0 Å². The van der Waals surface area contributed by atoms with E-state index < -0.39 is 7.25 Å². The Bertz CT molecular complexity index is 611. The molecule has 0 bridgehead atoms. The minimum Gasteiger partial charge on any atom is -0.447 e. The van der Waals surface area contributed by atoms with Gasteiger partial charge in [-0.1, -0.05) is 64.1 Å². The van der Waals surface area contributed by atoms with Crippen molar-refractivity contribution in [2.45, 2.75) is 27.7 Å². The predicted octanol–water partition coefficient (Wildman–Crippen LogP) is 4.79. The molecule has 2 radical (unpaired) electrons. The van der Waals surface area contributed by atoms with Gasteiger partial charge in [0.25, 0.3) is 0 Å². The van der Waals surface area contributed by atoms with Crippen molar-refractivity contribution in [2.24, 2.45) is 0 Å². The summed E-state index contributed by atoms with van der Waals surface area (Å²) in [5.74, 6) is 0.590. The topological polar surface area (TPSA) is 26.3 Å². The highest BCUT2D eigenvalue weighted by Gasteiger charge is 2.29. The highest BCUT2D eigenvalue weighted by Crippen LogP contribution is 2.50. The summed E-state index contributed by atoms with van der Waals surface area (Å²) in [6, 6.07) is 14.9. The van der Waals surface area contributed by atoms with Gasteiger partial charge in [-0.05, 0) is 17.7 Å². The van der Waals surface area contributed by atoms with Gasteiger partial charge in [0.15, 0.2) is 0 Å². The molecular formula is C16H20BO2P. The summed E-state index contributed by atoms with van der Waals surface area (Å²) in [4.78, 5) is 0. The summed E-state index contributed by atoms with van der Waals surface area (Å²) in [6.45, 7) is 8.00. The van der Waals surface area contributed by atoms with Crippen LogP contribution >= 0.6 is 7.25 Å². The first-order valence-electron chi connectivity index (χ1n) is 6.96. The van der Waals surface area contributed by atoms with E-state index in [2.05, 4.69) is 0 Å². The Kier molecular flexibility index (Phi) is 6.10. The van der Waals surface area contributed by atoms with E-state index in [-0.39, 0.29) is 0 Å². The summed E-state index contributed by atoms with van der Waals surface area (Å²) in [5.41, 5.74) is 1.84. The monoisotopic (exact) mass is 286 g/mol. The Morgan fingerprint density at radius 3 is 2.00 bits per heavy atom. The predicted molar refractivity (Wildman–Crippen MR) is 88.2 cm³/mol. The number of rotatable bonds is 0. The average Bonchev–Trinajstić information content (AvgIpc) is 2.51. The lowest BCUT2D eigenvalue weighted by Crippen LogP contribution is -2.17. The SMILES string of the molecule is CC.CC.[B]P1(=O)Oc2ccccc2-c2ccccc21. The zero-order valence-corrected chi connectivity index (χ0v) is 13.4. The highest BCUT2D eigenvalue weighted by molar-refractivity contribution is 7.90. The van der Waals surface area contributed by atoms with E-state index in [1.54, 1.807) is 12.1 Å². The third-order valence-electron chi connectivity index (χ3n) is 2.65. The molecule has 0 amide bonds. The van der Waals surface area contributed by atoms with Gasteiger partial charge in [0.2, 0.25) is 14.8 Å². The lowest BCUT2D eigenvalue weighted by molar-refractivity contribution is 0.507. The van der Waals surface area contributed by atoms with Gasteiger partial charge in [-0.3, -0.25) is 4.57 Å². The van der Waals surface area contributed by atoms with Gasteiger partial charge in [0.05, 0.1) is 0 Å². The van der Waals surface area contributed by atoms with Crippen LogP contribution in [0.2, 0.25) is 0 Å². The second-order valence-electron chi connectivity index (χ2n) is 3.70. The van der Waals surface area contributed by atoms with Crippen molar-refractivity contribution < 1.29 is 9.09 Å². The molecule has 0 aliphatic carbocycles. The molecule has 3 rings (SSSR count). The first-order valence-corrected chi connectivity index (χ1v) is 8.65. The van der Waals surface area contributed by atoms with Crippen LogP contribution < -0.4 is 9.83 Å². The van der Waals surface area contributed by atoms with Gasteiger partial charge in [-0.25, -0.2) is 0 Å². The Morgan fingerprint density at radius 1 is 0.850 bits per heavy atom. The third-order valence-corrected chi connectivity index (χ3v) is 4.18. The first kappa shape index (κ1) is 16.6. The van der Waals surface area contributed by atoms with Crippen LogP contribution in [0.4, 0.5) is 0 Å². The standard InChI is InChI=1S/C12H8BO2P.2C2H6/c13-16(14)12-8-4-2-6-10(12)9-5-1-3-7-11(9)15-16;2*1-2/h1-8H;2*1-2H3. The zero-order chi connectivity index (χ0) is 15.2. The van der Waals surface area contributed by atoms with Crippen molar-refractivity contribution >= 4 is 20.1 Å². The largest absolute Gasteiger partial charge is 0.447 e. The Labute approximate surface area is 123 Å². The summed E-state index contributed by atoms with van der Waals surface area (Å²) in [7, 11) is 2.53. The molecule has 4 heteroatoms. The van der Waals surface area contributed by atoms with Crippen LogP contribution in [0.15, 0.2) is 48.5 Å². The summed E-state index contributed by atoms with van der Waals surface area (Å²) < 4.78 is 17.6. The van der Waals surface area contributed by atoms with Crippen molar-refractivity contribution in [3.8, 4) is 16.9 Å². The van der Waals surface area contributed by atoms with Crippen LogP contribution in [-0.4, -0.2) is 7.57 Å². The molecule has 1 aliphatic rings. The number of benzene rings is 2. The lowest BCUT2D eigenvalue weighted by atomic mass is 10.0. The van der Waals surface area contributed by atoms with E-state index in [1.165, 1.54) is 0 Å². The van der Waals surface area contributed by atoms with E-state index >= 15 is 0 Å². The third kappa shape index (κ3) is 3.16. The molecule has 0 saturated carbocycles. The maximum atomic E-state index is 12.2. The average molecular weight is 286 g/mol. The Balaban J connectivity index is 0.000000461. The van der Waals surface area contributed by atoms with E-state index in [9.17, 15) is 4.57 Å².